The molecule has 4 rings (SSSR count). The van der Waals surface area contributed by atoms with E-state index in [-0.39, 0.29) is 30.7 Å². The summed E-state index contributed by atoms with van der Waals surface area (Å²) in [5.41, 5.74) is 3.31. The van der Waals surface area contributed by atoms with Gasteiger partial charge in [-0.3, -0.25) is 14.4 Å². The molecule has 1 aliphatic rings. The highest BCUT2D eigenvalue weighted by Gasteiger charge is 2.37. The molecule has 1 aliphatic heterocycles. The van der Waals surface area contributed by atoms with Crippen LogP contribution in [0.25, 0.3) is 11.1 Å². The number of ether oxygens (including phenoxy) is 1. The van der Waals surface area contributed by atoms with Crippen molar-refractivity contribution in [3.05, 3.63) is 59.2 Å². The van der Waals surface area contributed by atoms with Gasteiger partial charge in [-0.15, -0.1) is 0 Å². The van der Waals surface area contributed by atoms with Crippen molar-refractivity contribution in [3.63, 3.8) is 0 Å². The largest absolute Gasteiger partial charge is 0.378 e. The maximum Gasteiger partial charge on any atom is 0.251 e. The second kappa shape index (κ2) is 9.43. The molecule has 0 saturated heterocycles. The molecule has 0 saturated carbocycles. The molecule has 170 valence electrons. The summed E-state index contributed by atoms with van der Waals surface area (Å²) in [5, 5.41) is 13.4. The molecule has 3 amide bonds. The minimum Gasteiger partial charge on any atom is -0.378 e. The fourth-order valence-electron chi connectivity index (χ4n) is 3.73. The van der Waals surface area contributed by atoms with Crippen molar-refractivity contribution < 1.29 is 19.1 Å². The molecule has 0 fully saturated rings. The highest BCUT2D eigenvalue weighted by Crippen LogP contribution is 2.39. The standard InChI is InChI=1S/C23H22ClN5O4/c1-13(30)25-16-6-8-17(9-7-16)26-20(31)11-19-23(32)27-22-21(14-4-3-5-15(24)10-14)18(12-33-2)28-29(19)22/h3-10,19H,11-12H2,1-2H3,(H,25,30)(H,26,31)(H,27,32). The molecule has 2 aromatic carbocycles. The van der Waals surface area contributed by atoms with Crippen LogP contribution in [0.2, 0.25) is 5.02 Å². The first-order valence-electron chi connectivity index (χ1n) is 10.2. The quantitative estimate of drug-likeness (QED) is 0.488. The summed E-state index contributed by atoms with van der Waals surface area (Å²) in [4.78, 5) is 36.5. The zero-order chi connectivity index (χ0) is 23.5. The van der Waals surface area contributed by atoms with E-state index >= 15 is 0 Å². The molecule has 0 bridgehead atoms. The number of halogens is 1. The van der Waals surface area contributed by atoms with Gasteiger partial charge < -0.3 is 20.7 Å². The normalized spacial score (nSPS) is 14.5. The van der Waals surface area contributed by atoms with E-state index in [1.54, 1.807) is 43.5 Å². The highest BCUT2D eigenvalue weighted by molar-refractivity contribution is 6.30. The molecule has 1 atom stereocenters. The van der Waals surface area contributed by atoms with Crippen LogP contribution in [0.4, 0.5) is 17.2 Å². The predicted molar refractivity (Wildman–Crippen MR) is 125 cm³/mol. The van der Waals surface area contributed by atoms with Gasteiger partial charge in [-0.1, -0.05) is 23.7 Å². The Kier molecular flexibility index (Phi) is 6.43. The van der Waals surface area contributed by atoms with Crippen molar-refractivity contribution in [2.24, 2.45) is 0 Å². The average molecular weight is 468 g/mol. The van der Waals surface area contributed by atoms with Gasteiger partial charge in [0.15, 0.2) is 0 Å². The second-order valence-corrected chi connectivity index (χ2v) is 8.01. The third-order valence-electron chi connectivity index (χ3n) is 5.08. The summed E-state index contributed by atoms with van der Waals surface area (Å²) < 4.78 is 6.82. The van der Waals surface area contributed by atoms with Crippen LogP contribution >= 0.6 is 11.6 Å². The number of fused-ring (bicyclic) bond motifs is 1. The van der Waals surface area contributed by atoms with E-state index in [0.717, 1.165) is 5.56 Å². The average Bonchev–Trinajstić information content (AvgIpc) is 3.24. The summed E-state index contributed by atoms with van der Waals surface area (Å²) in [6, 6.07) is 13.1. The minimum absolute atomic E-state index is 0.102. The number of methoxy groups -OCH3 is 1. The Morgan fingerprint density at radius 1 is 1.15 bits per heavy atom. The molecule has 1 unspecified atom stereocenters. The van der Waals surface area contributed by atoms with Crippen molar-refractivity contribution in [3.8, 4) is 11.1 Å². The molecule has 3 aromatic rings. The maximum absolute atomic E-state index is 12.7. The lowest BCUT2D eigenvalue weighted by Crippen LogP contribution is -2.24. The third kappa shape index (κ3) is 4.89. The fourth-order valence-corrected chi connectivity index (χ4v) is 3.92. The fraction of sp³-hybridized carbons (Fsp3) is 0.217. The molecule has 10 heteroatoms. The summed E-state index contributed by atoms with van der Waals surface area (Å²) in [7, 11) is 1.56. The molecule has 1 aromatic heterocycles. The van der Waals surface area contributed by atoms with Gasteiger partial charge in [0.2, 0.25) is 11.8 Å². The molecule has 0 radical (unpaired) electrons. The van der Waals surface area contributed by atoms with Crippen molar-refractivity contribution in [2.75, 3.05) is 23.1 Å². The Hall–Kier alpha value is -3.69. The first-order chi connectivity index (χ1) is 15.9. The van der Waals surface area contributed by atoms with E-state index in [1.807, 2.05) is 12.1 Å². The van der Waals surface area contributed by atoms with Crippen LogP contribution in [-0.2, 0) is 25.7 Å². The van der Waals surface area contributed by atoms with Gasteiger partial charge in [0, 0.05) is 36.0 Å². The van der Waals surface area contributed by atoms with E-state index in [0.29, 0.717) is 33.5 Å². The number of amides is 3. The van der Waals surface area contributed by atoms with E-state index in [1.165, 1.54) is 11.6 Å². The van der Waals surface area contributed by atoms with Crippen LogP contribution < -0.4 is 16.0 Å². The molecule has 9 nitrogen and oxygen atoms in total. The minimum atomic E-state index is -0.804. The lowest BCUT2D eigenvalue weighted by atomic mass is 10.1. The maximum atomic E-state index is 12.7. The number of hydrogen-bond acceptors (Lipinski definition) is 5. The molecule has 3 N–H and O–H groups in total. The Labute approximate surface area is 195 Å². The van der Waals surface area contributed by atoms with Crippen LogP contribution in [-0.4, -0.2) is 34.6 Å². The zero-order valence-corrected chi connectivity index (χ0v) is 18.8. The molecular weight excluding hydrogens is 446 g/mol. The highest BCUT2D eigenvalue weighted by atomic mass is 35.5. The first kappa shape index (κ1) is 22.5. The van der Waals surface area contributed by atoms with Crippen LogP contribution in [0.1, 0.15) is 25.1 Å². The monoisotopic (exact) mass is 467 g/mol. The van der Waals surface area contributed by atoms with Crippen LogP contribution in [0.3, 0.4) is 0 Å². The van der Waals surface area contributed by atoms with E-state index in [9.17, 15) is 14.4 Å². The van der Waals surface area contributed by atoms with Gasteiger partial charge in [-0.05, 0) is 42.0 Å². The van der Waals surface area contributed by atoms with Gasteiger partial charge in [0.05, 0.1) is 18.7 Å². The smallest absolute Gasteiger partial charge is 0.251 e. The zero-order valence-electron chi connectivity index (χ0n) is 18.0. The number of carbonyl (C=O) groups excluding carboxylic acids is 3. The number of hydrogen-bond donors (Lipinski definition) is 3. The number of nitrogens with zero attached hydrogens (tertiary/aromatic N) is 2. The number of nitrogens with one attached hydrogen (secondary N) is 3. The van der Waals surface area contributed by atoms with Gasteiger partial charge >= 0.3 is 0 Å². The number of aromatic nitrogens is 2. The number of anilines is 3. The Bertz CT molecular complexity index is 1220. The van der Waals surface area contributed by atoms with Gasteiger partial charge in [-0.25, -0.2) is 4.68 Å². The molecule has 0 aliphatic carbocycles. The molecule has 2 heterocycles. The van der Waals surface area contributed by atoms with Crippen molar-refractivity contribution in [2.45, 2.75) is 26.0 Å². The summed E-state index contributed by atoms with van der Waals surface area (Å²) in [6.45, 7) is 1.65. The molecular formula is C23H22ClN5O4. The third-order valence-corrected chi connectivity index (χ3v) is 5.32. The van der Waals surface area contributed by atoms with E-state index < -0.39 is 6.04 Å². The molecule has 0 spiro atoms. The number of carbonyl (C=O) groups is 3. The van der Waals surface area contributed by atoms with Gasteiger partial charge in [-0.2, -0.15) is 5.10 Å². The summed E-state index contributed by atoms with van der Waals surface area (Å²) >= 11 is 6.16. The van der Waals surface area contributed by atoms with Crippen LogP contribution in [0, 0.1) is 0 Å². The number of rotatable bonds is 7. The van der Waals surface area contributed by atoms with E-state index in [2.05, 4.69) is 21.0 Å². The van der Waals surface area contributed by atoms with E-state index in [4.69, 9.17) is 16.3 Å². The Morgan fingerprint density at radius 2 is 1.85 bits per heavy atom. The van der Waals surface area contributed by atoms with Crippen molar-refractivity contribution in [1.82, 2.24) is 9.78 Å². The van der Waals surface area contributed by atoms with Crippen LogP contribution in [0.15, 0.2) is 48.5 Å². The second-order valence-electron chi connectivity index (χ2n) is 7.57. The first-order valence-corrected chi connectivity index (χ1v) is 10.6. The summed E-state index contributed by atoms with van der Waals surface area (Å²) in [6.07, 6.45) is -0.102. The van der Waals surface area contributed by atoms with Crippen molar-refractivity contribution >= 4 is 46.5 Å². The van der Waals surface area contributed by atoms with Gasteiger partial charge in [0.25, 0.3) is 5.91 Å². The van der Waals surface area contributed by atoms with Crippen molar-refractivity contribution in [1.29, 1.82) is 0 Å². The Balaban J connectivity index is 1.55. The molecule has 33 heavy (non-hydrogen) atoms. The lowest BCUT2D eigenvalue weighted by Gasteiger charge is -2.11. The number of benzene rings is 2. The summed E-state index contributed by atoms with van der Waals surface area (Å²) in [5.74, 6) is -0.338. The van der Waals surface area contributed by atoms with Gasteiger partial charge in [0.1, 0.15) is 11.9 Å². The SMILES string of the molecule is COCc1nn2c(c1-c1cccc(Cl)c1)NC(=O)C2CC(=O)Nc1ccc(NC(C)=O)cc1. The predicted octanol–water partition coefficient (Wildman–Crippen LogP) is 3.83. The topological polar surface area (TPSA) is 114 Å². The Morgan fingerprint density at radius 3 is 2.48 bits per heavy atom. The lowest BCUT2D eigenvalue weighted by molar-refractivity contribution is -0.123. The van der Waals surface area contributed by atoms with Crippen LogP contribution in [0.5, 0.6) is 0 Å².